The Morgan fingerprint density at radius 1 is 0.605 bits per heavy atom. The normalized spacial score (nSPS) is 12.2. The Morgan fingerprint density at radius 3 is 1.82 bits per heavy atom. The van der Waals surface area contributed by atoms with Crippen LogP contribution >= 0.6 is 0 Å². The molecule has 2 aromatic carbocycles. The standard InChI is InChI=1S/C32H24N6/c33-31-27-16-15-25(37-27)18-24-12-11-22(35-24)17-23-13-14-26(36-23)19-28-29(20-7-3-1-4-8-20)30(32(31)38(28)34)21-9-5-2-6-10-21/h1-19,35H,33-34H2. The highest BCUT2D eigenvalue weighted by Crippen LogP contribution is 2.43. The highest BCUT2D eigenvalue weighted by molar-refractivity contribution is 6.08. The fourth-order valence-corrected chi connectivity index (χ4v) is 5.14. The van der Waals surface area contributed by atoms with Gasteiger partial charge in [-0.05, 0) is 65.8 Å². The molecule has 0 saturated carbocycles. The Morgan fingerprint density at radius 2 is 1.16 bits per heavy atom. The molecule has 0 spiro atoms. The van der Waals surface area contributed by atoms with Gasteiger partial charge in [0.1, 0.15) is 0 Å². The number of fused-ring (bicyclic) bond motifs is 8. The number of aromatic nitrogens is 4. The van der Waals surface area contributed by atoms with Gasteiger partial charge in [-0.3, -0.25) is 4.68 Å². The van der Waals surface area contributed by atoms with Crippen molar-refractivity contribution in [2.45, 2.75) is 0 Å². The first-order valence-electron chi connectivity index (χ1n) is 12.4. The Labute approximate surface area is 219 Å². The first kappa shape index (κ1) is 21.9. The topological polar surface area (TPSA) is 98.5 Å². The minimum absolute atomic E-state index is 0.506. The van der Waals surface area contributed by atoms with Gasteiger partial charge < -0.3 is 16.6 Å². The number of nitrogens with one attached hydrogen (secondary N) is 1. The van der Waals surface area contributed by atoms with Gasteiger partial charge >= 0.3 is 0 Å². The molecular formula is C32H24N6. The lowest BCUT2D eigenvalue weighted by Crippen LogP contribution is -2.09. The van der Waals surface area contributed by atoms with E-state index in [0.717, 1.165) is 55.9 Å². The molecule has 7 rings (SSSR count). The van der Waals surface area contributed by atoms with Gasteiger partial charge in [-0.1, -0.05) is 60.7 Å². The first-order valence-corrected chi connectivity index (χ1v) is 12.4. The van der Waals surface area contributed by atoms with E-state index in [0.29, 0.717) is 16.9 Å². The van der Waals surface area contributed by atoms with Crippen LogP contribution in [0.4, 0.5) is 5.69 Å². The van der Waals surface area contributed by atoms with Crippen LogP contribution in [0.3, 0.4) is 0 Å². The maximum absolute atomic E-state index is 6.92. The first-order chi connectivity index (χ1) is 18.6. The van der Waals surface area contributed by atoms with E-state index in [1.165, 1.54) is 0 Å². The van der Waals surface area contributed by atoms with E-state index in [1.54, 1.807) is 4.68 Å². The van der Waals surface area contributed by atoms with Gasteiger partial charge in [-0.25, -0.2) is 9.97 Å². The molecule has 0 aliphatic carbocycles. The van der Waals surface area contributed by atoms with Crippen LogP contribution in [0.5, 0.6) is 0 Å². The van der Waals surface area contributed by atoms with E-state index in [-0.39, 0.29) is 0 Å². The Kier molecular flexibility index (Phi) is 4.97. The summed E-state index contributed by atoms with van der Waals surface area (Å²) < 4.78 is 1.68. The molecule has 0 saturated heterocycles. The average Bonchev–Trinajstić information content (AvgIpc) is 3.74. The van der Waals surface area contributed by atoms with Gasteiger partial charge in [0, 0.05) is 22.2 Å². The highest BCUT2D eigenvalue weighted by atomic mass is 15.3. The zero-order chi connectivity index (χ0) is 25.6. The highest BCUT2D eigenvalue weighted by Gasteiger charge is 2.22. The molecule has 0 atom stereocenters. The summed E-state index contributed by atoms with van der Waals surface area (Å²) in [5.41, 5.74) is 18.0. The van der Waals surface area contributed by atoms with Crippen molar-refractivity contribution in [1.29, 1.82) is 0 Å². The van der Waals surface area contributed by atoms with Crippen molar-refractivity contribution in [3.05, 3.63) is 114 Å². The van der Waals surface area contributed by atoms with Crippen LogP contribution in [-0.4, -0.2) is 19.6 Å². The van der Waals surface area contributed by atoms with Gasteiger partial charge in [0.25, 0.3) is 0 Å². The van der Waals surface area contributed by atoms with Crippen LogP contribution in [0.15, 0.2) is 91.0 Å². The lowest BCUT2D eigenvalue weighted by atomic mass is 9.95. The van der Waals surface area contributed by atoms with Crippen molar-refractivity contribution in [3.8, 4) is 22.3 Å². The number of nitrogens with two attached hydrogens (primary N) is 2. The van der Waals surface area contributed by atoms with Crippen LogP contribution < -0.4 is 11.6 Å². The molecule has 0 unspecified atom stereocenters. The van der Waals surface area contributed by atoms with Gasteiger partial charge in [0.05, 0.1) is 39.5 Å². The van der Waals surface area contributed by atoms with E-state index in [9.17, 15) is 0 Å². The fraction of sp³-hybridized carbons (Fsp3) is 0. The van der Waals surface area contributed by atoms with Crippen LogP contribution in [0, 0.1) is 0 Å². The molecular weight excluding hydrogens is 468 g/mol. The summed E-state index contributed by atoms with van der Waals surface area (Å²) in [6.07, 6.45) is 7.91. The van der Waals surface area contributed by atoms with Crippen LogP contribution in [0.2, 0.25) is 0 Å². The molecule has 182 valence electrons. The van der Waals surface area contributed by atoms with Crippen molar-refractivity contribution < 1.29 is 0 Å². The lowest BCUT2D eigenvalue weighted by molar-refractivity contribution is 1.11. The van der Waals surface area contributed by atoms with Crippen molar-refractivity contribution >= 4 is 52.1 Å². The average molecular weight is 493 g/mol. The number of nitrogen functional groups attached to an aromatic ring is 2. The molecule has 5 aromatic rings. The van der Waals surface area contributed by atoms with E-state index < -0.39 is 0 Å². The number of H-pyrrole nitrogens is 1. The van der Waals surface area contributed by atoms with Crippen molar-refractivity contribution in [2.75, 3.05) is 11.6 Å². The SMILES string of the molecule is Nc1c2nc(cc3ccc(cc4nc(cc5c(-c6ccccc6)c(-c6ccccc6)c1n5N)C=C4)[nH]3)C=C2. The molecule has 2 aliphatic rings. The summed E-state index contributed by atoms with van der Waals surface area (Å²) in [5, 5.41) is 0. The van der Waals surface area contributed by atoms with Crippen molar-refractivity contribution in [1.82, 2.24) is 19.6 Å². The predicted octanol–water partition coefficient (Wildman–Crippen LogP) is 6.76. The van der Waals surface area contributed by atoms with Gasteiger partial charge in [0.15, 0.2) is 0 Å². The molecule has 5 heterocycles. The summed E-state index contributed by atoms with van der Waals surface area (Å²) in [6, 6.07) is 30.6. The van der Waals surface area contributed by atoms with Crippen LogP contribution in [0.25, 0.3) is 68.6 Å². The second-order valence-corrected chi connectivity index (χ2v) is 9.35. The number of hydrogen-bond donors (Lipinski definition) is 3. The molecule has 6 heteroatoms. The predicted molar refractivity (Wildman–Crippen MR) is 158 cm³/mol. The second kappa shape index (κ2) is 8.64. The summed E-state index contributed by atoms with van der Waals surface area (Å²) in [4.78, 5) is 13.1. The summed E-state index contributed by atoms with van der Waals surface area (Å²) >= 11 is 0. The lowest BCUT2D eigenvalue weighted by Gasteiger charge is -2.07. The van der Waals surface area contributed by atoms with Crippen LogP contribution in [-0.2, 0) is 0 Å². The Hall–Kier alpha value is -5.36. The van der Waals surface area contributed by atoms with E-state index in [4.69, 9.17) is 21.5 Å². The van der Waals surface area contributed by atoms with E-state index in [2.05, 4.69) is 29.2 Å². The summed E-state index contributed by atoms with van der Waals surface area (Å²) in [5.74, 6) is 6.92. The molecule has 3 aromatic heterocycles. The maximum Gasteiger partial charge on any atom is 0.0961 e. The van der Waals surface area contributed by atoms with Crippen molar-refractivity contribution in [3.63, 3.8) is 0 Å². The molecule has 0 radical (unpaired) electrons. The minimum Gasteiger partial charge on any atom is -0.395 e. The van der Waals surface area contributed by atoms with Gasteiger partial charge in [-0.15, -0.1) is 0 Å². The third-order valence-corrected chi connectivity index (χ3v) is 6.87. The Bertz CT molecular complexity index is 1930. The molecule has 5 N–H and O–H groups in total. The number of anilines is 1. The third kappa shape index (κ3) is 3.67. The smallest absolute Gasteiger partial charge is 0.0961 e. The summed E-state index contributed by atoms with van der Waals surface area (Å²) in [6.45, 7) is 0. The molecule has 6 nitrogen and oxygen atoms in total. The monoisotopic (exact) mass is 492 g/mol. The number of aromatic amines is 1. The van der Waals surface area contributed by atoms with Gasteiger partial charge in [0.2, 0.25) is 0 Å². The molecule has 2 aliphatic heterocycles. The number of rotatable bonds is 2. The Balaban J connectivity index is 1.71. The quantitative estimate of drug-likeness (QED) is 0.232. The van der Waals surface area contributed by atoms with Gasteiger partial charge in [-0.2, -0.15) is 0 Å². The zero-order valence-electron chi connectivity index (χ0n) is 20.5. The number of nitrogens with zero attached hydrogens (tertiary/aromatic N) is 3. The van der Waals surface area contributed by atoms with Crippen molar-refractivity contribution in [2.24, 2.45) is 0 Å². The van der Waals surface area contributed by atoms with E-state index >= 15 is 0 Å². The molecule has 38 heavy (non-hydrogen) atoms. The molecule has 0 fully saturated rings. The largest absolute Gasteiger partial charge is 0.395 e. The molecule has 8 bridgehead atoms. The fourth-order valence-electron chi connectivity index (χ4n) is 5.14. The minimum atomic E-state index is 0.506. The third-order valence-electron chi connectivity index (χ3n) is 6.87. The second-order valence-electron chi connectivity index (χ2n) is 9.35. The molecule has 0 amide bonds. The maximum atomic E-state index is 6.92. The van der Waals surface area contributed by atoms with Crippen LogP contribution in [0.1, 0.15) is 22.8 Å². The zero-order valence-corrected chi connectivity index (χ0v) is 20.5. The number of hydrogen-bond acceptors (Lipinski definition) is 4. The number of benzene rings is 2. The summed E-state index contributed by atoms with van der Waals surface area (Å²) in [7, 11) is 0. The van der Waals surface area contributed by atoms with E-state index in [1.807, 2.05) is 91.0 Å².